The number of ether oxygens (including phenoxy) is 1. The topological polar surface area (TPSA) is 73.9 Å². The normalized spacial score (nSPS) is 16.3. The minimum Gasteiger partial charge on any atom is -0.492 e. The molecule has 1 aromatic rings. The van der Waals surface area contributed by atoms with Crippen LogP contribution in [0.2, 0.25) is 0 Å². The first-order valence-corrected chi connectivity index (χ1v) is 10.0. The van der Waals surface area contributed by atoms with Gasteiger partial charge in [0.15, 0.2) is 0 Å². The van der Waals surface area contributed by atoms with Crippen molar-refractivity contribution in [2.24, 2.45) is 0 Å². The second kappa shape index (κ2) is 10.4. The maximum Gasteiger partial charge on any atom is 0.238 e. The van der Waals surface area contributed by atoms with Crippen LogP contribution in [0.5, 0.6) is 5.75 Å². The van der Waals surface area contributed by atoms with E-state index in [1.54, 1.807) is 0 Å². The second-order valence-electron chi connectivity index (χ2n) is 8.18. The highest BCUT2D eigenvalue weighted by molar-refractivity contribution is 5.93. The summed E-state index contributed by atoms with van der Waals surface area (Å²) in [6, 6.07) is 7.47. The highest BCUT2D eigenvalue weighted by Crippen LogP contribution is 2.23. The summed E-state index contributed by atoms with van der Waals surface area (Å²) >= 11 is 0. The SMILES string of the molecule is CCOc1ccccc1NC(=O)CN1CCCN(CC(=O)NC(C)(C)C)CC1. The zero-order chi connectivity index (χ0) is 20.6. The third-order valence-electron chi connectivity index (χ3n) is 4.39. The first-order valence-electron chi connectivity index (χ1n) is 10.0. The fourth-order valence-corrected chi connectivity index (χ4v) is 3.25. The van der Waals surface area contributed by atoms with Crippen molar-refractivity contribution in [1.82, 2.24) is 15.1 Å². The van der Waals surface area contributed by atoms with Gasteiger partial charge in [0.05, 0.1) is 25.4 Å². The van der Waals surface area contributed by atoms with E-state index in [-0.39, 0.29) is 17.4 Å². The van der Waals surface area contributed by atoms with Crippen molar-refractivity contribution < 1.29 is 14.3 Å². The molecular weight excluding hydrogens is 356 g/mol. The first-order chi connectivity index (χ1) is 13.3. The molecule has 1 fully saturated rings. The number of nitrogens with one attached hydrogen (secondary N) is 2. The first kappa shape index (κ1) is 22.2. The molecule has 0 spiro atoms. The summed E-state index contributed by atoms with van der Waals surface area (Å²) in [5.74, 6) is 0.683. The van der Waals surface area contributed by atoms with Gasteiger partial charge in [-0.2, -0.15) is 0 Å². The van der Waals surface area contributed by atoms with Crippen LogP contribution in [-0.2, 0) is 9.59 Å². The lowest BCUT2D eigenvalue weighted by Crippen LogP contribution is -2.46. The summed E-state index contributed by atoms with van der Waals surface area (Å²) < 4.78 is 5.56. The van der Waals surface area contributed by atoms with Crippen molar-refractivity contribution in [3.8, 4) is 5.75 Å². The van der Waals surface area contributed by atoms with Crippen LogP contribution in [0.4, 0.5) is 5.69 Å². The maximum atomic E-state index is 12.5. The summed E-state index contributed by atoms with van der Waals surface area (Å²) in [6.45, 7) is 12.4. The van der Waals surface area contributed by atoms with Crippen LogP contribution < -0.4 is 15.4 Å². The molecule has 2 N–H and O–H groups in total. The molecule has 156 valence electrons. The minimum absolute atomic E-state index is 0.0474. The predicted octanol–water partition coefficient (Wildman–Crippen LogP) is 1.95. The Bertz CT molecular complexity index is 657. The number of nitrogens with zero attached hydrogens (tertiary/aromatic N) is 2. The number of rotatable bonds is 7. The number of carbonyl (C=O) groups excluding carboxylic acids is 2. The zero-order valence-corrected chi connectivity index (χ0v) is 17.6. The molecule has 1 aliphatic heterocycles. The third kappa shape index (κ3) is 7.86. The Morgan fingerprint density at radius 1 is 1.00 bits per heavy atom. The van der Waals surface area contributed by atoms with Gasteiger partial charge in [0.1, 0.15) is 5.75 Å². The molecule has 1 heterocycles. The Labute approximate surface area is 168 Å². The number of anilines is 1. The van der Waals surface area contributed by atoms with E-state index < -0.39 is 0 Å². The summed E-state index contributed by atoms with van der Waals surface area (Å²) in [7, 11) is 0. The van der Waals surface area contributed by atoms with E-state index in [1.807, 2.05) is 52.0 Å². The van der Waals surface area contributed by atoms with E-state index in [2.05, 4.69) is 20.4 Å². The lowest BCUT2D eigenvalue weighted by atomic mass is 10.1. The van der Waals surface area contributed by atoms with Crippen molar-refractivity contribution in [2.45, 2.75) is 39.7 Å². The number of carbonyl (C=O) groups is 2. The van der Waals surface area contributed by atoms with Gasteiger partial charge in [-0.05, 0) is 59.3 Å². The van der Waals surface area contributed by atoms with Gasteiger partial charge < -0.3 is 15.4 Å². The Kier molecular flexibility index (Phi) is 8.26. The molecule has 0 atom stereocenters. The third-order valence-corrected chi connectivity index (χ3v) is 4.39. The summed E-state index contributed by atoms with van der Waals surface area (Å²) in [5.41, 5.74) is 0.481. The highest BCUT2D eigenvalue weighted by Gasteiger charge is 2.21. The lowest BCUT2D eigenvalue weighted by Gasteiger charge is -2.25. The predicted molar refractivity (Wildman–Crippen MR) is 112 cm³/mol. The fraction of sp³-hybridized carbons (Fsp3) is 0.619. The minimum atomic E-state index is -0.217. The van der Waals surface area contributed by atoms with Crippen molar-refractivity contribution in [3.05, 3.63) is 24.3 Å². The Balaban J connectivity index is 1.81. The van der Waals surface area contributed by atoms with E-state index in [1.165, 1.54) is 0 Å². The van der Waals surface area contributed by atoms with Crippen molar-refractivity contribution >= 4 is 17.5 Å². The monoisotopic (exact) mass is 390 g/mol. The maximum absolute atomic E-state index is 12.5. The number of hydrogen-bond acceptors (Lipinski definition) is 5. The van der Waals surface area contributed by atoms with E-state index in [4.69, 9.17) is 4.74 Å². The standard InChI is InChI=1S/C21H34N4O3/c1-5-28-18-10-7-6-9-17(18)22-19(26)15-24-11-8-12-25(14-13-24)16-20(27)23-21(2,3)4/h6-7,9-10H,5,8,11-16H2,1-4H3,(H,22,26)(H,23,27). The molecular formula is C21H34N4O3. The van der Waals surface area contributed by atoms with Gasteiger partial charge in [0.25, 0.3) is 0 Å². The Hall–Kier alpha value is -2.12. The number of benzene rings is 1. The Morgan fingerprint density at radius 2 is 1.61 bits per heavy atom. The summed E-state index contributed by atoms with van der Waals surface area (Å²) in [4.78, 5) is 28.9. The smallest absolute Gasteiger partial charge is 0.238 e. The zero-order valence-electron chi connectivity index (χ0n) is 17.6. The van der Waals surface area contributed by atoms with E-state index in [0.717, 1.165) is 32.6 Å². The average molecular weight is 391 g/mol. The average Bonchev–Trinajstić information content (AvgIpc) is 2.80. The van der Waals surface area contributed by atoms with Gasteiger partial charge in [-0.25, -0.2) is 0 Å². The summed E-state index contributed by atoms with van der Waals surface area (Å²) in [5, 5.41) is 5.95. The van der Waals surface area contributed by atoms with Gasteiger partial charge in [0, 0.05) is 18.6 Å². The van der Waals surface area contributed by atoms with Crippen LogP contribution in [0.3, 0.4) is 0 Å². The second-order valence-corrected chi connectivity index (χ2v) is 8.18. The van der Waals surface area contributed by atoms with Crippen LogP contribution in [0, 0.1) is 0 Å². The van der Waals surface area contributed by atoms with Crippen LogP contribution >= 0.6 is 0 Å². The molecule has 1 aromatic carbocycles. The Morgan fingerprint density at radius 3 is 2.21 bits per heavy atom. The molecule has 1 aliphatic rings. The van der Waals surface area contributed by atoms with Gasteiger partial charge >= 0.3 is 0 Å². The van der Waals surface area contributed by atoms with Crippen LogP contribution in [0.15, 0.2) is 24.3 Å². The highest BCUT2D eigenvalue weighted by atomic mass is 16.5. The molecule has 2 amide bonds. The van der Waals surface area contributed by atoms with Crippen LogP contribution in [0.1, 0.15) is 34.1 Å². The quantitative estimate of drug-likeness (QED) is 0.744. The van der Waals surface area contributed by atoms with Gasteiger partial charge in [0.2, 0.25) is 11.8 Å². The van der Waals surface area contributed by atoms with Crippen molar-refractivity contribution in [3.63, 3.8) is 0 Å². The molecule has 28 heavy (non-hydrogen) atoms. The largest absolute Gasteiger partial charge is 0.492 e. The van der Waals surface area contributed by atoms with E-state index >= 15 is 0 Å². The lowest BCUT2D eigenvalue weighted by molar-refractivity contribution is -0.123. The van der Waals surface area contributed by atoms with E-state index in [9.17, 15) is 9.59 Å². The molecule has 0 saturated carbocycles. The summed E-state index contributed by atoms with van der Waals surface area (Å²) in [6.07, 6.45) is 0.936. The van der Waals surface area contributed by atoms with Gasteiger partial charge in [-0.15, -0.1) is 0 Å². The number of amides is 2. The molecule has 0 bridgehead atoms. The van der Waals surface area contributed by atoms with E-state index in [0.29, 0.717) is 31.1 Å². The number of para-hydroxylation sites is 2. The molecule has 2 rings (SSSR count). The molecule has 0 radical (unpaired) electrons. The molecule has 7 nitrogen and oxygen atoms in total. The van der Waals surface area contributed by atoms with Gasteiger partial charge in [-0.1, -0.05) is 12.1 Å². The molecule has 7 heteroatoms. The van der Waals surface area contributed by atoms with Crippen LogP contribution in [-0.4, -0.2) is 73.0 Å². The van der Waals surface area contributed by atoms with Crippen LogP contribution in [0.25, 0.3) is 0 Å². The molecule has 1 saturated heterocycles. The molecule has 0 aliphatic carbocycles. The molecule has 0 aromatic heterocycles. The number of hydrogen-bond donors (Lipinski definition) is 2. The fourth-order valence-electron chi connectivity index (χ4n) is 3.25. The van der Waals surface area contributed by atoms with Crippen molar-refractivity contribution in [2.75, 3.05) is 51.2 Å². The van der Waals surface area contributed by atoms with Gasteiger partial charge in [-0.3, -0.25) is 19.4 Å². The van der Waals surface area contributed by atoms with Crippen molar-refractivity contribution in [1.29, 1.82) is 0 Å². The molecule has 0 unspecified atom stereocenters.